The number of dihydropyridines is 1. The van der Waals surface area contributed by atoms with Crippen LogP contribution in [0.2, 0.25) is 0 Å². The van der Waals surface area contributed by atoms with E-state index in [9.17, 15) is 4.79 Å². The van der Waals surface area contributed by atoms with Crippen molar-refractivity contribution < 1.29 is 4.79 Å². The number of hydrogen-bond acceptors (Lipinski definition) is 6. The summed E-state index contributed by atoms with van der Waals surface area (Å²) in [5.74, 6) is 1.24. The largest absolute Gasteiger partial charge is 0.269 e. The maximum atomic E-state index is 12.2. The minimum Gasteiger partial charge on any atom is -0.267 e. The van der Waals surface area contributed by atoms with Gasteiger partial charge in [0.2, 0.25) is 0 Å². The zero-order valence-electron chi connectivity index (χ0n) is 18.0. The smallest absolute Gasteiger partial charge is 0.267 e. The van der Waals surface area contributed by atoms with Crippen molar-refractivity contribution in [3.63, 3.8) is 0 Å². The van der Waals surface area contributed by atoms with Crippen molar-refractivity contribution in [2.45, 2.75) is 37.4 Å². The van der Waals surface area contributed by atoms with Gasteiger partial charge in [-0.05, 0) is 48.7 Å². The molecular formula is C25H22N4OS2. The summed E-state index contributed by atoms with van der Waals surface area (Å²) in [5.41, 5.74) is 6.08. The molecule has 7 heteroatoms. The Balaban J connectivity index is 1.29. The highest BCUT2D eigenvalue weighted by molar-refractivity contribution is 8.01. The average Bonchev–Trinajstić information content (AvgIpc) is 3.20. The molecule has 0 unspecified atom stereocenters. The Morgan fingerprint density at radius 3 is 2.78 bits per heavy atom. The maximum Gasteiger partial charge on any atom is 0.269 e. The summed E-state index contributed by atoms with van der Waals surface area (Å²) in [7, 11) is 0. The molecule has 0 saturated carbocycles. The third-order valence-electron chi connectivity index (χ3n) is 5.45. The van der Waals surface area contributed by atoms with Crippen LogP contribution in [-0.4, -0.2) is 32.3 Å². The Labute approximate surface area is 194 Å². The summed E-state index contributed by atoms with van der Waals surface area (Å²) in [5, 5.41) is 1.09. The molecule has 32 heavy (non-hydrogen) atoms. The van der Waals surface area contributed by atoms with Gasteiger partial charge in [-0.3, -0.25) is 4.79 Å². The van der Waals surface area contributed by atoms with Crippen LogP contribution in [0.5, 0.6) is 0 Å². The van der Waals surface area contributed by atoms with Gasteiger partial charge >= 0.3 is 0 Å². The van der Waals surface area contributed by atoms with E-state index >= 15 is 0 Å². The van der Waals surface area contributed by atoms with E-state index in [-0.39, 0.29) is 5.91 Å². The molecule has 0 bridgehead atoms. The molecule has 0 aliphatic carbocycles. The van der Waals surface area contributed by atoms with Crippen LogP contribution in [0.3, 0.4) is 0 Å². The van der Waals surface area contributed by atoms with Crippen LogP contribution in [0.4, 0.5) is 0 Å². The van der Waals surface area contributed by atoms with Crippen molar-refractivity contribution in [2.24, 2.45) is 4.99 Å². The summed E-state index contributed by atoms with van der Waals surface area (Å²) in [6.07, 6.45) is 3.79. The predicted octanol–water partition coefficient (Wildman–Crippen LogP) is 5.74. The molecule has 0 radical (unpaired) electrons. The van der Waals surface area contributed by atoms with Crippen molar-refractivity contribution >= 4 is 55.8 Å². The van der Waals surface area contributed by atoms with Crippen molar-refractivity contribution in [2.75, 3.05) is 5.75 Å². The Hall–Kier alpha value is -2.90. The number of fused-ring (bicyclic) bond motifs is 2. The number of para-hydroxylation sites is 1. The zero-order valence-corrected chi connectivity index (χ0v) is 19.6. The number of carbonyl (C=O) groups excluding carboxylic acids is 1. The summed E-state index contributed by atoms with van der Waals surface area (Å²) in [6.45, 7) is 4.16. The summed E-state index contributed by atoms with van der Waals surface area (Å²) in [6, 6.07) is 14.5. The molecule has 4 aromatic rings. The van der Waals surface area contributed by atoms with Gasteiger partial charge in [-0.15, -0.1) is 11.3 Å². The lowest BCUT2D eigenvalue weighted by molar-refractivity contribution is -0.113. The van der Waals surface area contributed by atoms with E-state index in [0.717, 1.165) is 49.9 Å². The minimum absolute atomic E-state index is 0.198. The van der Waals surface area contributed by atoms with Gasteiger partial charge in [0.25, 0.3) is 5.91 Å². The van der Waals surface area contributed by atoms with Crippen molar-refractivity contribution in [3.8, 4) is 0 Å². The molecule has 2 aromatic carbocycles. The highest BCUT2D eigenvalue weighted by Crippen LogP contribution is 2.31. The van der Waals surface area contributed by atoms with E-state index in [1.165, 1.54) is 10.3 Å². The lowest BCUT2D eigenvalue weighted by Crippen LogP contribution is -2.15. The molecule has 0 saturated heterocycles. The van der Waals surface area contributed by atoms with Crippen LogP contribution in [0, 0.1) is 6.92 Å². The van der Waals surface area contributed by atoms with Gasteiger partial charge in [0.05, 0.1) is 15.7 Å². The summed E-state index contributed by atoms with van der Waals surface area (Å²) in [4.78, 5) is 30.6. The number of aliphatic imine (C=N–C) groups is 1. The molecule has 160 valence electrons. The zero-order chi connectivity index (χ0) is 22.1. The van der Waals surface area contributed by atoms with Gasteiger partial charge < -0.3 is 0 Å². The summed E-state index contributed by atoms with van der Waals surface area (Å²) >= 11 is 3.36. The second-order valence-electron chi connectivity index (χ2n) is 7.84. The quantitative estimate of drug-likeness (QED) is 0.345. The fourth-order valence-corrected chi connectivity index (χ4v) is 5.88. The summed E-state index contributed by atoms with van der Waals surface area (Å²) < 4.78 is 2.20. The first kappa shape index (κ1) is 21.0. The van der Waals surface area contributed by atoms with Gasteiger partial charge in [0.15, 0.2) is 4.34 Å². The highest BCUT2D eigenvalue weighted by Gasteiger charge is 2.17. The second kappa shape index (κ2) is 8.92. The minimum atomic E-state index is -0.198. The molecule has 0 atom stereocenters. The number of benzene rings is 2. The number of aryl methyl sites for hydroxylation is 2. The SMILES string of the molecule is CCc1ccc2nc(CC3=NC(=O)C=C(CSc4nc5ccccc5s4)C3)nc(C)c2c1. The first-order chi connectivity index (χ1) is 15.6. The Bertz CT molecular complexity index is 1370. The lowest BCUT2D eigenvalue weighted by Gasteiger charge is -2.13. The van der Waals surface area contributed by atoms with Crippen molar-refractivity contribution in [3.05, 3.63) is 71.2 Å². The average molecular weight is 459 g/mol. The Morgan fingerprint density at radius 1 is 1.06 bits per heavy atom. The van der Waals surface area contributed by atoms with E-state index in [1.807, 2.05) is 25.1 Å². The van der Waals surface area contributed by atoms with Crippen molar-refractivity contribution in [1.29, 1.82) is 0 Å². The number of aromatic nitrogens is 3. The Morgan fingerprint density at radius 2 is 1.94 bits per heavy atom. The van der Waals surface area contributed by atoms with E-state index < -0.39 is 0 Å². The standard InChI is InChI=1S/C25H22N4OS2/c1-3-16-8-9-20-19(11-16)15(2)26-23(28-20)13-18-10-17(12-24(30)27-18)14-31-25-29-21-6-4-5-7-22(21)32-25/h4-9,11-12H,3,10,13-14H2,1-2H3. The first-order valence-corrected chi connectivity index (χ1v) is 12.4. The molecule has 5 rings (SSSR count). The molecule has 0 fully saturated rings. The molecule has 0 spiro atoms. The predicted molar refractivity (Wildman–Crippen MR) is 133 cm³/mol. The van der Waals surface area contributed by atoms with Gasteiger partial charge in [-0.25, -0.2) is 19.9 Å². The van der Waals surface area contributed by atoms with Crippen LogP contribution < -0.4 is 0 Å². The number of amides is 1. The number of carbonyl (C=O) groups is 1. The Kier molecular flexibility index (Phi) is 5.85. The number of nitrogens with zero attached hydrogens (tertiary/aromatic N) is 4. The van der Waals surface area contributed by atoms with Crippen molar-refractivity contribution in [1.82, 2.24) is 15.0 Å². The first-order valence-electron chi connectivity index (χ1n) is 10.6. The van der Waals surface area contributed by atoms with Gasteiger partial charge in [0, 0.05) is 41.5 Å². The van der Waals surface area contributed by atoms with Crippen LogP contribution in [0.15, 0.2) is 63.4 Å². The van der Waals surface area contributed by atoms with Crippen LogP contribution >= 0.6 is 23.1 Å². The molecule has 2 aromatic heterocycles. The third kappa shape index (κ3) is 4.49. The van der Waals surface area contributed by atoms with E-state index in [4.69, 9.17) is 9.97 Å². The van der Waals surface area contributed by atoms with Gasteiger partial charge in [-0.1, -0.05) is 36.9 Å². The normalized spacial score (nSPS) is 14.1. The second-order valence-corrected chi connectivity index (χ2v) is 10.1. The molecule has 1 amide bonds. The van der Waals surface area contributed by atoms with Crippen LogP contribution in [0.25, 0.3) is 21.1 Å². The monoisotopic (exact) mass is 458 g/mol. The molecule has 5 nitrogen and oxygen atoms in total. The van der Waals surface area contributed by atoms with Crippen LogP contribution in [0.1, 0.15) is 30.4 Å². The van der Waals surface area contributed by atoms with E-state index in [2.05, 4.69) is 41.2 Å². The number of thiazole rings is 1. The highest BCUT2D eigenvalue weighted by atomic mass is 32.2. The molecule has 1 aliphatic heterocycles. The maximum absolute atomic E-state index is 12.2. The lowest BCUT2D eigenvalue weighted by atomic mass is 10.0. The fraction of sp³-hybridized carbons (Fsp3) is 0.240. The van der Waals surface area contributed by atoms with E-state index in [0.29, 0.717) is 18.7 Å². The number of rotatable bonds is 6. The molecule has 0 N–H and O–H groups in total. The third-order valence-corrected chi connectivity index (χ3v) is 7.74. The van der Waals surface area contributed by atoms with Crippen LogP contribution in [-0.2, 0) is 17.6 Å². The number of thioether (sulfide) groups is 1. The van der Waals surface area contributed by atoms with E-state index in [1.54, 1.807) is 29.2 Å². The van der Waals surface area contributed by atoms with Gasteiger partial charge in [-0.2, -0.15) is 0 Å². The molecular weight excluding hydrogens is 436 g/mol. The molecule has 1 aliphatic rings. The van der Waals surface area contributed by atoms with Gasteiger partial charge in [0.1, 0.15) is 5.82 Å². The topological polar surface area (TPSA) is 68.1 Å². The molecule has 3 heterocycles. The number of hydrogen-bond donors (Lipinski definition) is 0. The fourth-order valence-electron chi connectivity index (χ4n) is 3.85.